The molecule has 2 N–H and O–H groups in total. The van der Waals surface area contributed by atoms with Crippen molar-refractivity contribution in [3.8, 4) is 0 Å². The van der Waals surface area contributed by atoms with E-state index in [9.17, 15) is 31.5 Å². The van der Waals surface area contributed by atoms with E-state index in [4.69, 9.17) is 0 Å². The first-order valence-corrected chi connectivity index (χ1v) is 12.4. The highest BCUT2D eigenvalue weighted by Gasteiger charge is 2.38. The van der Waals surface area contributed by atoms with E-state index in [-0.39, 0.29) is 42.6 Å². The molecule has 0 radical (unpaired) electrons. The van der Waals surface area contributed by atoms with Gasteiger partial charge in [0.25, 0.3) is 15.9 Å². The highest BCUT2D eigenvalue weighted by atomic mass is 32.2. The minimum absolute atomic E-state index is 0.0551. The van der Waals surface area contributed by atoms with Gasteiger partial charge in [-0.3, -0.25) is 14.5 Å². The van der Waals surface area contributed by atoms with Crippen LogP contribution in [0.1, 0.15) is 36.0 Å². The van der Waals surface area contributed by atoms with E-state index < -0.39 is 34.6 Å². The van der Waals surface area contributed by atoms with Crippen LogP contribution >= 0.6 is 0 Å². The minimum Gasteiger partial charge on any atom is -0.390 e. The zero-order chi connectivity index (χ0) is 25.3. The van der Waals surface area contributed by atoms with Crippen LogP contribution < -0.4 is 4.72 Å². The Morgan fingerprint density at radius 3 is 2.31 bits per heavy atom. The first-order chi connectivity index (χ1) is 16.4. The van der Waals surface area contributed by atoms with Gasteiger partial charge in [-0.05, 0) is 55.7 Å². The summed E-state index contributed by atoms with van der Waals surface area (Å²) >= 11 is 0. The Morgan fingerprint density at radius 1 is 1.06 bits per heavy atom. The molecule has 12 heteroatoms. The second kappa shape index (κ2) is 9.42. The van der Waals surface area contributed by atoms with Crippen molar-refractivity contribution < 1.29 is 31.5 Å². The van der Waals surface area contributed by atoms with Crippen LogP contribution in [0, 0.1) is 0 Å². The number of nitrogens with zero attached hydrogens (tertiary/aromatic N) is 3. The molecule has 1 amide bonds. The van der Waals surface area contributed by atoms with E-state index >= 15 is 0 Å². The van der Waals surface area contributed by atoms with Gasteiger partial charge in [0.2, 0.25) is 0 Å². The number of nitrogens with one attached hydrogen (secondary N) is 1. The molecule has 0 atom stereocenters. The number of halogens is 3. The molecule has 1 aliphatic rings. The molecule has 35 heavy (non-hydrogen) atoms. The second-order valence-electron chi connectivity index (χ2n) is 8.51. The lowest BCUT2D eigenvalue weighted by Gasteiger charge is -2.38. The number of amides is 1. The minimum atomic E-state index is -4.34. The van der Waals surface area contributed by atoms with E-state index in [1.54, 1.807) is 24.3 Å². The van der Waals surface area contributed by atoms with E-state index in [1.165, 1.54) is 29.2 Å². The van der Waals surface area contributed by atoms with Gasteiger partial charge < -0.3 is 10.0 Å². The second-order valence-corrected chi connectivity index (χ2v) is 10.1. The third-order valence-corrected chi connectivity index (χ3v) is 7.19. The number of benzene rings is 2. The zero-order valence-corrected chi connectivity index (χ0v) is 19.3. The molecule has 1 saturated heterocycles. The number of alkyl halides is 3. The van der Waals surface area contributed by atoms with Gasteiger partial charge in [-0.1, -0.05) is 12.1 Å². The fourth-order valence-electron chi connectivity index (χ4n) is 3.89. The van der Waals surface area contributed by atoms with Crippen LogP contribution in [0.2, 0.25) is 0 Å². The summed E-state index contributed by atoms with van der Waals surface area (Å²) in [7, 11) is -4.01. The molecular formula is C23H23F3N4O4S. The molecule has 186 valence electrons. The number of piperidine rings is 1. The molecule has 0 unspecified atom stereocenters. The number of aliphatic hydroxyl groups is 1. The lowest BCUT2D eigenvalue weighted by Crippen LogP contribution is -2.47. The number of sulfonamides is 1. The van der Waals surface area contributed by atoms with Crippen LogP contribution in [-0.4, -0.2) is 59.2 Å². The average Bonchev–Trinajstić information content (AvgIpc) is 2.82. The van der Waals surface area contributed by atoms with Crippen LogP contribution in [-0.2, 0) is 10.0 Å². The molecule has 4 rings (SSSR count). The van der Waals surface area contributed by atoms with Gasteiger partial charge in [0.1, 0.15) is 0 Å². The molecule has 8 nitrogen and oxygen atoms in total. The number of carbonyl (C=O) groups is 1. The fourth-order valence-corrected chi connectivity index (χ4v) is 4.85. The van der Waals surface area contributed by atoms with Crippen molar-refractivity contribution in [3.63, 3.8) is 0 Å². The lowest BCUT2D eigenvalue weighted by molar-refractivity contribution is -0.150. The molecule has 0 bridgehead atoms. The largest absolute Gasteiger partial charge is 0.390 e. The monoisotopic (exact) mass is 508 g/mol. The van der Waals surface area contributed by atoms with E-state index in [0.29, 0.717) is 16.6 Å². The normalized spacial score (nSPS) is 16.3. The summed E-state index contributed by atoms with van der Waals surface area (Å²) in [5.74, 6) is -0.349. The van der Waals surface area contributed by atoms with Crippen molar-refractivity contribution in [2.24, 2.45) is 0 Å². The maximum Gasteiger partial charge on any atom is 0.389 e. The van der Waals surface area contributed by atoms with Crippen molar-refractivity contribution in [1.29, 1.82) is 0 Å². The summed E-state index contributed by atoms with van der Waals surface area (Å²) in [5.41, 5.74) is 0.0601. The Morgan fingerprint density at radius 2 is 1.69 bits per heavy atom. The molecule has 2 aromatic carbocycles. The Bertz CT molecular complexity index is 1320. The Balaban J connectivity index is 1.38. The summed E-state index contributed by atoms with van der Waals surface area (Å²) in [5, 5.41) is 10.1. The first-order valence-electron chi connectivity index (χ1n) is 10.9. The summed E-state index contributed by atoms with van der Waals surface area (Å²) in [6, 6.07) is 12.6. The fraction of sp³-hybridized carbons (Fsp3) is 0.348. The number of anilines is 1. The Hall–Kier alpha value is -3.25. The number of likely N-dealkylation sites (tertiary alicyclic amines) is 1. The number of hydrogen-bond acceptors (Lipinski definition) is 6. The maximum atomic E-state index is 12.8. The SMILES string of the molecule is O=C(c1ccc(NS(=O)(=O)c2cnc3ccccc3n2)cc1)N1CCC(O)(CCC(F)(F)F)CC1. The lowest BCUT2D eigenvalue weighted by atomic mass is 9.86. The first kappa shape index (κ1) is 24.9. The average molecular weight is 509 g/mol. The number of para-hydroxylation sites is 2. The number of aromatic nitrogens is 2. The molecule has 0 spiro atoms. The number of carbonyl (C=O) groups excluding carboxylic acids is 1. The third-order valence-electron chi connectivity index (χ3n) is 5.94. The van der Waals surface area contributed by atoms with E-state index in [0.717, 1.165) is 6.20 Å². The van der Waals surface area contributed by atoms with Crippen LogP contribution in [0.5, 0.6) is 0 Å². The molecule has 0 saturated carbocycles. The van der Waals surface area contributed by atoms with Crippen molar-refractivity contribution in [3.05, 3.63) is 60.3 Å². The standard InChI is InChI=1S/C23H23F3N4O4S/c24-23(25,26)10-9-22(32)11-13-30(14-12-22)21(31)16-5-7-17(8-6-16)29-35(33,34)20-15-27-18-3-1-2-4-19(18)28-20/h1-8,15,29,32H,9-14H2. The number of fused-ring (bicyclic) bond motifs is 1. The maximum absolute atomic E-state index is 12.8. The molecule has 1 aliphatic heterocycles. The smallest absolute Gasteiger partial charge is 0.389 e. The highest BCUT2D eigenvalue weighted by Crippen LogP contribution is 2.32. The molecule has 3 aromatic rings. The predicted octanol–water partition coefficient (Wildman–Crippen LogP) is 3.74. The van der Waals surface area contributed by atoms with Crippen LogP contribution in [0.25, 0.3) is 11.0 Å². The van der Waals surface area contributed by atoms with Gasteiger partial charge >= 0.3 is 6.18 Å². The number of hydrogen-bond donors (Lipinski definition) is 2. The van der Waals surface area contributed by atoms with Crippen LogP contribution in [0.15, 0.2) is 59.8 Å². The van der Waals surface area contributed by atoms with E-state index in [2.05, 4.69) is 14.7 Å². The quantitative estimate of drug-likeness (QED) is 0.525. The van der Waals surface area contributed by atoms with Crippen LogP contribution in [0.3, 0.4) is 0 Å². The molecule has 1 fully saturated rings. The molecular weight excluding hydrogens is 485 g/mol. The van der Waals surface area contributed by atoms with Gasteiger partial charge in [0.15, 0.2) is 5.03 Å². The van der Waals surface area contributed by atoms with Gasteiger partial charge in [0, 0.05) is 30.8 Å². The molecule has 0 aliphatic carbocycles. The van der Waals surface area contributed by atoms with Gasteiger partial charge in [-0.25, -0.2) is 4.98 Å². The van der Waals surface area contributed by atoms with Gasteiger partial charge in [-0.15, -0.1) is 0 Å². The highest BCUT2D eigenvalue weighted by molar-refractivity contribution is 7.92. The van der Waals surface area contributed by atoms with Crippen molar-refractivity contribution in [1.82, 2.24) is 14.9 Å². The van der Waals surface area contributed by atoms with Crippen LogP contribution in [0.4, 0.5) is 18.9 Å². The summed E-state index contributed by atoms with van der Waals surface area (Å²) < 4.78 is 65.2. The topological polar surface area (TPSA) is 112 Å². The third kappa shape index (κ3) is 6.06. The molecule has 2 heterocycles. The summed E-state index contributed by atoms with van der Waals surface area (Å²) in [4.78, 5) is 22.5. The van der Waals surface area contributed by atoms with Crippen molar-refractivity contribution in [2.75, 3.05) is 17.8 Å². The summed E-state index contributed by atoms with van der Waals surface area (Å²) in [6.45, 7) is 0.254. The van der Waals surface area contributed by atoms with Crippen molar-refractivity contribution in [2.45, 2.75) is 42.5 Å². The van der Waals surface area contributed by atoms with Gasteiger partial charge in [-0.2, -0.15) is 21.6 Å². The van der Waals surface area contributed by atoms with Gasteiger partial charge in [0.05, 0.1) is 22.8 Å². The zero-order valence-electron chi connectivity index (χ0n) is 18.5. The predicted molar refractivity (Wildman–Crippen MR) is 122 cm³/mol. The number of rotatable bonds is 6. The van der Waals surface area contributed by atoms with Crippen molar-refractivity contribution >= 4 is 32.7 Å². The summed E-state index contributed by atoms with van der Waals surface area (Å²) in [6.07, 6.45) is -4.53. The van der Waals surface area contributed by atoms with E-state index in [1.807, 2.05) is 0 Å². The molecule has 1 aromatic heterocycles. The Kier molecular flexibility index (Phi) is 6.69. The Labute approximate surface area is 199 Å².